The van der Waals surface area contributed by atoms with Gasteiger partial charge >= 0.3 is 0 Å². The maximum absolute atomic E-state index is 13.1. The van der Waals surface area contributed by atoms with Crippen molar-refractivity contribution in [3.8, 4) is 5.75 Å². The number of para-hydroxylation sites is 1. The molecule has 0 aliphatic carbocycles. The van der Waals surface area contributed by atoms with Crippen LogP contribution in [0.4, 0.5) is 34.5 Å². The minimum Gasteiger partial charge on any atom is -0.489 e. The molecule has 4 aromatic rings. The van der Waals surface area contributed by atoms with E-state index >= 15 is 0 Å². The number of nitrogens with two attached hydrogens (primary N) is 1. The number of ether oxygens (including phenoxy) is 1. The molecule has 3 aliphatic rings. The molecule has 3 N–H and O–H groups in total. The lowest BCUT2D eigenvalue weighted by atomic mass is 10.00. The topological polar surface area (TPSA) is 127 Å². The molecule has 0 saturated carbocycles. The molecule has 0 bridgehead atoms. The number of fused-ring (bicyclic) bond motifs is 2. The largest absolute Gasteiger partial charge is 0.489 e. The number of likely N-dealkylation sites (N-methyl/N-ethyl adjacent to an activating group) is 1. The zero-order valence-electron chi connectivity index (χ0n) is 28.6. The molecule has 0 spiro atoms. The van der Waals surface area contributed by atoms with Crippen LogP contribution in [0.25, 0.3) is 11.0 Å². The number of benzene rings is 2. The van der Waals surface area contributed by atoms with E-state index in [0.29, 0.717) is 53.5 Å². The number of anilines is 6. The normalized spacial score (nSPS) is 18.2. The average Bonchev–Trinajstić information content (AvgIpc) is 3.71. The summed E-state index contributed by atoms with van der Waals surface area (Å²) in [5, 5.41) is 0.722. The molecule has 5 heterocycles. The monoisotopic (exact) mass is 673 g/mol. The van der Waals surface area contributed by atoms with Crippen molar-refractivity contribution in [1.82, 2.24) is 24.8 Å². The van der Waals surface area contributed by atoms with Gasteiger partial charge in [0, 0.05) is 69.8 Å². The highest BCUT2D eigenvalue weighted by Gasteiger charge is 2.34. The summed E-state index contributed by atoms with van der Waals surface area (Å²) in [6.07, 6.45) is 5.78. The lowest BCUT2D eigenvalue weighted by molar-refractivity contribution is 0.0982. The van der Waals surface area contributed by atoms with Gasteiger partial charge in [-0.05, 0) is 76.4 Å². The number of piperazine rings is 1. The fourth-order valence-corrected chi connectivity index (χ4v) is 8.46. The third kappa shape index (κ3) is 6.14. The van der Waals surface area contributed by atoms with E-state index in [9.17, 15) is 8.42 Å². The van der Waals surface area contributed by atoms with E-state index in [4.69, 9.17) is 20.4 Å². The van der Waals surface area contributed by atoms with Gasteiger partial charge in [-0.25, -0.2) is 8.42 Å². The fourth-order valence-electron chi connectivity index (χ4n) is 7.50. The minimum atomic E-state index is -3.55. The van der Waals surface area contributed by atoms with Gasteiger partial charge in [-0.1, -0.05) is 12.1 Å². The van der Waals surface area contributed by atoms with Crippen molar-refractivity contribution in [3.05, 3.63) is 53.7 Å². The maximum Gasteiger partial charge on any atom is 0.238 e. The molecule has 7 rings (SSSR count). The summed E-state index contributed by atoms with van der Waals surface area (Å²) in [6, 6.07) is 12.6. The Kier molecular flexibility index (Phi) is 8.63. The van der Waals surface area contributed by atoms with Crippen LogP contribution in [-0.2, 0) is 16.4 Å². The molecule has 256 valence electrons. The number of aromatic nitrogens is 3. The Morgan fingerprint density at radius 2 is 1.75 bits per heavy atom. The van der Waals surface area contributed by atoms with E-state index in [1.807, 2.05) is 43.0 Å². The zero-order valence-corrected chi connectivity index (χ0v) is 29.4. The number of aromatic amines is 1. The van der Waals surface area contributed by atoms with Gasteiger partial charge in [-0.2, -0.15) is 9.97 Å². The van der Waals surface area contributed by atoms with Crippen LogP contribution < -0.4 is 24.6 Å². The fraction of sp³-hybridized carbons (Fsp3) is 0.486. The molecule has 0 amide bonds. The molecule has 0 unspecified atom stereocenters. The van der Waals surface area contributed by atoms with E-state index in [0.717, 1.165) is 80.0 Å². The predicted octanol–water partition coefficient (Wildman–Crippen LogP) is 4.64. The van der Waals surface area contributed by atoms with Gasteiger partial charge in [0.1, 0.15) is 17.2 Å². The van der Waals surface area contributed by atoms with Gasteiger partial charge in [-0.3, -0.25) is 14.1 Å². The van der Waals surface area contributed by atoms with Gasteiger partial charge in [-0.15, -0.1) is 0 Å². The molecular formula is C35H47N9O3S. The smallest absolute Gasteiger partial charge is 0.238 e. The Morgan fingerprint density at radius 3 is 2.46 bits per heavy atom. The summed E-state index contributed by atoms with van der Waals surface area (Å²) in [6.45, 7) is 13.0. The highest BCUT2D eigenvalue weighted by molar-refractivity contribution is 7.92. The summed E-state index contributed by atoms with van der Waals surface area (Å²) in [7, 11) is -1.35. The van der Waals surface area contributed by atoms with Gasteiger partial charge in [0.2, 0.25) is 16.0 Å². The second-order valence-electron chi connectivity index (χ2n) is 13.7. The van der Waals surface area contributed by atoms with Crippen molar-refractivity contribution in [2.45, 2.75) is 52.2 Å². The van der Waals surface area contributed by atoms with E-state index in [2.05, 4.69) is 45.8 Å². The molecule has 2 saturated heterocycles. The first-order valence-corrected chi connectivity index (χ1v) is 18.8. The Bertz CT molecular complexity index is 1910. The van der Waals surface area contributed by atoms with Crippen LogP contribution in [0.2, 0.25) is 0 Å². The molecule has 2 fully saturated rings. The lowest BCUT2D eigenvalue weighted by Crippen LogP contribution is -2.52. The van der Waals surface area contributed by atoms with Crippen LogP contribution in [0, 0.1) is 6.92 Å². The first-order valence-electron chi connectivity index (χ1n) is 17.0. The van der Waals surface area contributed by atoms with Crippen molar-refractivity contribution in [2.75, 3.05) is 79.0 Å². The van der Waals surface area contributed by atoms with Crippen LogP contribution in [0.5, 0.6) is 5.75 Å². The maximum atomic E-state index is 13.1. The lowest BCUT2D eigenvalue weighted by Gasteiger charge is -2.43. The third-order valence-electron chi connectivity index (χ3n) is 9.95. The molecule has 3 aliphatic heterocycles. The summed E-state index contributed by atoms with van der Waals surface area (Å²) >= 11 is 0. The first kappa shape index (κ1) is 32.5. The molecule has 0 radical (unpaired) electrons. The Hall–Kier alpha value is -4.07. The van der Waals surface area contributed by atoms with Crippen molar-refractivity contribution < 1.29 is 13.2 Å². The SMILES string of the molecule is Cc1cc(N(c2nc(N)c3cc[nH]c3n2)c2cccc3c2N(S(C)(=O)=O)CC3)c(OC(C)C)cc1N1CCC(N2CCN(C)CC2)CC1. The van der Waals surface area contributed by atoms with Crippen LogP contribution in [0.1, 0.15) is 37.8 Å². The summed E-state index contributed by atoms with van der Waals surface area (Å²) in [5.41, 5.74) is 12.3. The number of nitrogens with one attached hydrogen (secondary N) is 1. The second-order valence-corrected chi connectivity index (χ2v) is 15.6. The highest BCUT2D eigenvalue weighted by Crippen LogP contribution is 2.49. The third-order valence-corrected chi connectivity index (χ3v) is 11.1. The number of nitrogens with zero attached hydrogens (tertiary/aromatic N) is 7. The molecule has 2 aromatic carbocycles. The molecular weight excluding hydrogens is 627 g/mol. The Balaban J connectivity index is 1.33. The number of nitrogen functional groups attached to an aromatic ring is 1. The van der Waals surface area contributed by atoms with Crippen molar-refractivity contribution in [1.29, 1.82) is 0 Å². The molecule has 2 aromatic heterocycles. The Morgan fingerprint density at radius 1 is 1.00 bits per heavy atom. The number of rotatable bonds is 8. The van der Waals surface area contributed by atoms with Crippen molar-refractivity contribution in [3.63, 3.8) is 0 Å². The number of hydrogen-bond acceptors (Lipinski definition) is 10. The van der Waals surface area contributed by atoms with Crippen LogP contribution in [0.3, 0.4) is 0 Å². The van der Waals surface area contributed by atoms with Crippen molar-refractivity contribution >= 4 is 55.6 Å². The van der Waals surface area contributed by atoms with E-state index in [-0.39, 0.29) is 6.10 Å². The number of aryl methyl sites for hydroxylation is 1. The summed E-state index contributed by atoms with van der Waals surface area (Å²) in [4.78, 5) is 22.4. The van der Waals surface area contributed by atoms with Gasteiger partial charge in [0.15, 0.2) is 0 Å². The van der Waals surface area contributed by atoms with Crippen molar-refractivity contribution in [2.24, 2.45) is 0 Å². The standard InChI is InChI=1S/C35H47N9O3S/c1-23(2)47-31-22-29(42-14-11-26(12-15-42)41-19-17-40(4)18-20-41)24(3)21-30(31)44(35-38-33(36)27-9-13-37-34(27)39-35)28-8-6-7-25-10-16-43(32(25)28)48(5,45)46/h6-9,13,21-23,26H,10-12,14-20H2,1-5H3,(H3,36,37,38,39). The first-order chi connectivity index (χ1) is 23.0. The van der Waals surface area contributed by atoms with Gasteiger partial charge < -0.3 is 25.3 Å². The van der Waals surface area contributed by atoms with Crippen LogP contribution in [0.15, 0.2) is 42.6 Å². The minimum absolute atomic E-state index is 0.116. The highest BCUT2D eigenvalue weighted by atomic mass is 32.2. The number of hydrogen-bond donors (Lipinski definition) is 2. The van der Waals surface area contributed by atoms with Gasteiger partial charge in [0.05, 0.1) is 34.8 Å². The second kappa shape index (κ2) is 12.8. The van der Waals surface area contributed by atoms with E-state index in [1.165, 1.54) is 10.6 Å². The zero-order chi connectivity index (χ0) is 33.7. The summed E-state index contributed by atoms with van der Waals surface area (Å²) < 4.78 is 34.2. The number of sulfonamides is 1. The Labute approximate surface area is 283 Å². The molecule has 12 nitrogen and oxygen atoms in total. The van der Waals surface area contributed by atoms with Crippen LogP contribution in [-0.4, -0.2) is 104 Å². The van der Waals surface area contributed by atoms with E-state index < -0.39 is 10.0 Å². The molecule has 48 heavy (non-hydrogen) atoms. The molecule has 0 atom stereocenters. The number of piperidine rings is 1. The van der Waals surface area contributed by atoms with E-state index in [1.54, 1.807) is 6.20 Å². The summed E-state index contributed by atoms with van der Waals surface area (Å²) in [5.74, 6) is 1.32. The quantitative estimate of drug-likeness (QED) is 0.273. The predicted molar refractivity (Wildman–Crippen MR) is 194 cm³/mol. The number of H-pyrrole nitrogens is 1. The van der Waals surface area contributed by atoms with Crippen LogP contribution >= 0.6 is 0 Å². The molecule has 13 heteroatoms. The average molecular weight is 674 g/mol. The van der Waals surface area contributed by atoms with Gasteiger partial charge in [0.25, 0.3) is 0 Å².